The number of urea groups is 1. The number of hydrogen-bond acceptors (Lipinski definition) is 3. The molecular weight excluding hydrogens is 364 g/mol. The Bertz CT molecular complexity index is 555. The maximum absolute atomic E-state index is 12.7. The molecule has 2 saturated carbocycles. The summed E-state index contributed by atoms with van der Waals surface area (Å²) in [6, 6.07) is 1.06. The Labute approximate surface area is 176 Å². The molecule has 6 heteroatoms. The van der Waals surface area contributed by atoms with Gasteiger partial charge < -0.3 is 20.4 Å². The molecule has 3 amide bonds. The number of nitrogens with two attached hydrogens (primary N) is 1. The van der Waals surface area contributed by atoms with Gasteiger partial charge in [-0.15, -0.1) is 0 Å². The van der Waals surface area contributed by atoms with Crippen molar-refractivity contribution in [2.75, 3.05) is 26.2 Å². The van der Waals surface area contributed by atoms with Crippen molar-refractivity contribution in [3.63, 3.8) is 0 Å². The molecule has 0 atom stereocenters. The minimum atomic E-state index is -0.214. The number of carbonyl (C=O) groups is 2. The summed E-state index contributed by atoms with van der Waals surface area (Å²) in [5, 5.41) is 0. The van der Waals surface area contributed by atoms with Gasteiger partial charge in [-0.25, -0.2) is 4.79 Å². The summed E-state index contributed by atoms with van der Waals surface area (Å²) in [7, 11) is 0. The Morgan fingerprint density at radius 1 is 0.690 bits per heavy atom. The lowest BCUT2D eigenvalue weighted by Crippen LogP contribution is -2.56. The fourth-order valence-electron chi connectivity index (χ4n) is 6.43. The van der Waals surface area contributed by atoms with E-state index in [2.05, 4.69) is 9.80 Å². The second-order valence-corrected chi connectivity index (χ2v) is 9.84. The highest BCUT2D eigenvalue weighted by Gasteiger charge is 2.36. The van der Waals surface area contributed by atoms with Gasteiger partial charge in [-0.05, 0) is 51.4 Å². The van der Waals surface area contributed by atoms with Crippen LogP contribution in [0.2, 0.25) is 0 Å². The van der Waals surface area contributed by atoms with Crippen LogP contribution in [0.15, 0.2) is 0 Å². The molecule has 2 saturated heterocycles. The number of rotatable bonds is 4. The van der Waals surface area contributed by atoms with Gasteiger partial charge in [0.05, 0.1) is 0 Å². The predicted octanol–water partition coefficient (Wildman–Crippen LogP) is 3.35. The van der Waals surface area contributed by atoms with Gasteiger partial charge in [0.25, 0.3) is 0 Å². The average Bonchev–Trinajstić information content (AvgIpc) is 3.30. The molecule has 4 aliphatic rings. The Morgan fingerprint density at radius 2 is 1.24 bits per heavy atom. The fourth-order valence-corrected chi connectivity index (χ4v) is 6.43. The molecule has 29 heavy (non-hydrogen) atoms. The highest BCUT2D eigenvalue weighted by atomic mass is 16.2. The SMILES string of the molecule is NC(=O)N(C1CCCCC1)C1CCN(C2CCN(C(=O)C3CCCC3)CC2)CC1. The van der Waals surface area contributed by atoms with Crippen molar-refractivity contribution in [3.8, 4) is 0 Å². The zero-order chi connectivity index (χ0) is 20.2. The van der Waals surface area contributed by atoms with E-state index in [1.165, 1.54) is 32.1 Å². The molecule has 0 aromatic rings. The van der Waals surface area contributed by atoms with Crippen LogP contribution in [0.3, 0.4) is 0 Å². The van der Waals surface area contributed by atoms with E-state index in [0.717, 1.165) is 77.5 Å². The molecule has 2 aliphatic heterocycles. The van der Waals surface area contributed by atoms with Crippen molar-refractivity contribution in [2.45, 2.75) is 102 Å². The minimum Gasteiger partial charge on any atom is -0.351 e. The highest BCUT2D eigenvalue weighted by molar-refractivity contribution is 5.79. The van der Waals surface area contributed by atoms with Crippen LogP contribution in [0.1, 0.15) is 83.5 Å². The van der Waals surface area contributed by atoms with Crippen LogP contribution >= 0.6 is 0 Å². The van der Waals surface area contributed by atoms with Gasteiger partial charge in [-0.3, -0.25) is 4.79 Å². The number of amides is 3. The van der Waals surface area contributed by atoms with Crippen molar-refractivity contribution < 1.29 is 9.59 Å². The third-order valence-electron chi connectivity index (χ3n) is 8.11. The first-order valence-corrected chi connectivity index (χ1v) is 12.2. The number of piperidine rings is 2. The number of hydrogen-bond donors (Lipinski definition) is 1. The molecule has 0 spiro atoms. The first-order valence-electron chi connectivity index (χ1n) is 12.2. The van der Waals surface area contributed by atoms with E-state index in [0.29, 0.717) is 30.0 Å². The van der Waals surface area contributed by atoms with E-state index in [4.69, 9.17) is 5.73 Å². The van der Waals surface area contributed by atoms with Gasteiger partial charge in [0.1, 0.15) is 0 Å². The normalized spacial score (nSPS) is 26.7. The third-order valence-corrected chi connectivity index (χ3v) is 8.11. The molecule has 2 heterocycles. The van der Waals surface area contributed by atoms with Gasteiger partial charge in [-0.1, -0.05) is 32.1 Å². The molecule has 164 valence electrons. The second-order valence-electron chi connectivity index (χ2n) is 9.84. The maximum atomic E-state index is 12.7. The molecule has 0 aromatic carbocycles. The molecule has 2 N–H and O–H groups in total. The average molecular weight is 405 g/mol. The Hall–Kier alpha value is -1.30. The summed E-state index contributed by atoms with van der Waals surface area (Å²) in [6.07, 6.45) is 14.9. The maximum Gasteiger partial charge on any atom is 0.315 e. The highest BCUT2D eigenvalue weighted by Crippen LogP contribution is 2.31. The molecule has 4 fully saturated rings. The van der Waals surface area contributed by atoms with Crippen LogP contribution in [0.4, 0.5) is 4.79 Å². The molecule has 0 radical (unpaired) electrons. The van der Waals surface area contributed by atoms with Gasteiger partial charge in [0.2, 0.25) is 5.91 Å². The zero-order valence-corrected chi connectivity index (χ0v) is 18.1. The quantitative estimate of drug-likeness (QED) is 0.781. The molecule has 0 bridgehead atoms. The summed E-state index contributed by atoms with van der Waals surface area (Å²) in [5.41, 5.74) is 5.81. The van der Waals surface area contributed by atoms with Crippen molar-refractivity contribution in [1.82, 2.24) is 14.7 Å². The second kappa shape index (κ2) is 9.67. The summed E-state index contributed by atoms with van der Waals surface area (Å²) >= 11 is 0. The van der Waals surface area contributed by atoms with Gasteiger partial charge in [0.15, 0.2) is 0 Å². The Morgan fingerprint density at radius 3 is 1.83 bits per heavy atom. The van der Waals surface area contributed by atoms with Crippen molar-refractivity contribution in [1.29, 1.82) is 0 Å². The van der Waals surface area contributed by atoms with E-state index >= 15 is 0 Å². The van der Waals surface area contributed by atoms with Gasteiger partial charge >= 0.3 is 6.03 Å². The fraction of sp³-hybridized carbons (Fsp3) is 0.913. The monoisotopic (exact) mass is 404 g/mol. The van der Waals surface area contributed by atoms with Crippen LogP contribution in [0.25, 0.3) is 0 Å². The Balaban J connectivity index is 1.24. The van der Waals surface area contributed by atoms with E-state index < -0.39 is 0 Å². The van der Waals surface area contributed by atoms with Crippen molar-refractivity contribution >= 4 is 11.9 Å². The van der Waals surface area contributed by atoms with Crippen LogP contribution < -0.4 is 5.73 Å². The molecule has 6 nitrogen and oxygen atoms in total. The lowest BCUT2D eigenvalue weighted by molar-refractivity contribution is -0.137. The largest absolute Gasteiger partial charge is 0.351 e. The van der Waals surface area contributed by atoms with Crippen LogP contribution in [-0.4, -0.2) is 70.9 Å². The first-order chi connectivity index (χ1) is 14.1. The lowest BCUT2D eigenvalue weighted by Gasteiger charge is -2.46. The van der Waals surface area contributed by atoms with Gasteiger partial charge in [0, 0.05) is 50.2 Å². The van der Waals surface area contributed by atoms with Crippen LogP contribution in [0, 0.1) is 5.92 Å². The number of likely N-dealkylation sites (tertiary alicyclic amines) is 2. The van der Waals surface area contributed by atoms with Crippen LogP contribution in [0.5, 0.6) is 0 Å². The minimum absolute atomic E-state index is 0.214. The van der Waals surface area contributed by atoms with E-state index in [9.17, 15) is 9.59 Å². The summed E-state index contributed by atoms with van der Waals surface area (Å²) in [6.45, 7) is 3.97. The standard InChI is InChI=1S/C23H40N4O2/c24-23(29)27(20-8-2-1-3-9-20)21-12-14-25(15-13-21)19-10-16-26(17-11-19)22(28)18-6-4-5-7-18/h18-21H,1-17H2,(H2,24,29). The first kappa shape index (κ1) is 21.0. The van der Waals surface area contributed by atoms with E-state index in [1.54, 1.807) is 0 Å². The zero-order valence-electron chi connectivity index (χ0n) is 18.1. The van der Waals surface area contributed by atoms with Crippen molar-refractivity contribution in [2.24, 2.45) is 11.7 Å². The number of nitrogens with zero attached hydrogens (tertiary/aromatic N) is 3. The number of carbonyl (C=O) groups excluding carboxylic acids is 2. The van der Waals surface area contributed by atoms with E-state index in [1.807, 2.05) is 4.90 Å². The molecule has 0 unspecified atom stereocenters. The lowest BCUT2D eigenvalue weighted by atomic mass is 9.91. The summed E-state index contributed by atoms with van der Waals surface area (Å²) in [4.78, 5) is 31.7. The topological polar surface area (TPSA) is 69.9 Å². The Kier molecular flexibility index (Phi) is 6.99. The van der Waals surface area contributed by atoms with Crippen molar-refractivity contribution in [3.05, 3.63) is 0 Å². The smallest absolute Gasteiger partial charge is 0.315 e. The van der Waals surface area contributed by atoms with E-state index in [-0.39, 0.29) is 6.03 Å². The predicted molar refractivity (Wildman–Crippen MR) is 114 cm³/mol. The van der Waals surface area contributed by atoms with Crippen LogP contribution in [-0.2, 0) is 4.79 Å². The summed E-state index contributed by atoms with van der Waals surface area (Å²) in [5.74, 6) is 0.728. The summed E-state index contributed by atoms with van der Waals surface area (Å²) < 4.78 is 0. The number of primary amides is 1. The molecule has 2 aliphatic carbocycles. The van der Waals surface area contributed by atoms with Gasteiger partial charge in [-0.2, -0.15) is 0 Å². The third kappa shape index (κ3) is 4.89. The molecule has 4 rings (SSSR count). The molecular formula is C23H40N4O2. The molecule has 0 aromatic heterocycles.